The van der Waals surface area contributed by atoms with E-state index in [1.165, 1.54) is 15.6 Å². The minimum Gasteiger partial charge on any atom is -0.393 e. The molecule has 1 aromatic carbocycles. The average molecular weight is 383 g/mol. The van der Waals surface area contributed by atoms with Crippen molar-refractivity contribution in [3.8, 4) is 0 Å². The normalized spacial score (nSPS) is 18.9. The molecule has 25 heavy (non-hydrogen) atoms. The number of hydrogen-bond acceptors (Lipinski definition) is 6. The standard InChI is InChI=1S/C17H22N2O4S2/c1-17(21,13-20)14-4-6-15(7-5-14)18-8-10-19(11-9-18)25(22,23)16-3-2-12-24-16/h2-7,12,20-21H,8-11,13H2,1H3/t17-/m0/s1. The third-order valence-electron chi connectivity index (χ3n) is 4.49. The maximum Gasteiger partial charge on any atom is 0.252 e. The lowest BCUT2D eigenvalue weighted by Gasteiger charge is -2.35. The summed E-state index contributed by atoms with van der Waals surface area (Å²) >= 11 is 1.24. The zero-order valence-electron chi connectivity index (χ0n) is 14.0. The van der Waals surface area contributed by atoms with Gasteiger partial charge in [-0.1, -0.05) is 18.2 Å². The Labute approximate surface area is 152 Å². The topological polar surface area (TPSA) is 81.1 Å². The second-order valence-electron chi connectivity index (χ2n) is 6.30. The van der Waals surface area contributed by atoms with Gasteiger partial charge in [-0.2, -0.15) is 4.31 Å². The van der Waals surface area contributed by atoms with E-state index in [-0.39, 0.29) is 6.61 Å². The summed E-state index contributed by atoms with van der Waals surface area (Å²) in [5, 5.41) is 21.1. The molecule has 0 spiro atoms. The molecule has 2 heterocycles. The van der Waals surface area contributed by atoms with Gasteiger partial charge in [-0.3, -0.25) is 0 Å². The van der Waals surface area contributed by atoms with E-state index in [1.54, 1.807) is 36.6 Å². The highest BCUT2D eigenvalue weighted by molar-refractivity contribution is 7.91. The molecule has 0 amide bonds. The van der Waals surface area contributed by atoms with Crippen LogP contribution >= 0.6 is 11.3 Å². The lowest BCUT2D eigenvalue weighted by molar-refractivity contribution is -0.00227. The summed E-state index contributed by atoms with van der Waals surface area (Å²) in [5.74, 6) is 0. The molecule has 1 aliphatic rings. The Hall–Kier alpha value is -1.45. The van der Waals surface area contributed by atoms with Crippen molar-refractivity contribution in [2.45, 2.75) is 16.7 Å². The molecule has 0 unspecified atom stereocenters. The lowest BCUT2D eigenvalue weighted by atomic mass is 9.97. The maximum absolute atomic E-state index is 12.5. The van der Waals surface area contributed by atoms with Gasteiger partial charge < -0.3 is 15.1 Å². The van der Waals surface area contributed by atoms with Crippen molar-refractivity contribution in [3.63, 3.8) is 0 Å². The fourth-order valence-corrected chi connectivity index (χ4v) is 5.41. The molecule has 2 N–H and O–H groups in total. The molecule has 136 valence electrons. The number of hydrogen-bond donors (Lipinski definition) is 2. The minimum absolute atomic E-state index is 0.342. The van der Waals surface area contributed by atoms with E-state index in [9.17, 15) is 18.6 Å². The van der Waals surface area contributed by atoms with Gasteiger partial charge in [0.1, 0.15) is 9.81 Å². The Morgan fingerprint density at radius 1 is 1.12 bits per heavy atom. The Bertz CT molecular complexity index is 794. The van der Waals surface area contributed by atoms with E-state index in [4.69, 9.17) is 0 Å². The molecule has 8 heteroatoms. The third-order valence-corrected chi connectivity index (χ3v) is 7.76. The number of piperazine rings is 1. The average Bonchev–Trinajstić information content (AvgIpc) is 3.17. The van der Waals surface area contributed by atoms with Crippen LogP contribution in [0.25, 0.3) is 0 Å². The second-order valence-corrected chi connectivity index (χ2v) is 9.41. The summed E-state index contributed by atoms with van der Waals surface area (Å²) in [4.78, 5) is 2.12. The lowest BCUT2D eigenvalue weighted by Crippen LogP contribution is -2.48. The smallest absolute Gasteiger partial charge is 0.252 e. The third kappa shape index (κ3) is 3.73. The van der Waals surface area contributed by atoms with Crippen LogP contribution in [0, 0.1) is 0 Å². The molecule has 0 radical (unpaired) electrons. The molecule has 0 saturated carbocycles. The zero-order valence-corrected chi connectivity index (χ0v) is 15.6. The van der Waals surface area contributed by atoms with Crippen molar-refractivity contribution in [1.29, 1.82) is 0 Å². The van der Waals surface area contributed by atoms with Crippen LogP contribution in [0.1, 0.15) is 12.5 Å². The second kappa shape index (κ2) is 7.05. The molecule has 6 nitrogen and oxygen atoms in total. The van der Waals surface area contributed by atoms with Gasteiger partial charge in [-0.25, -0.2) is 8.42 Å². The quantitative estimate of drug-likeness (QED) is 0.818. The number of rotatable bonds is 5. The first-order chi connectivity index (χ1) is 11.8. The van der Waals surface area contributed by atoms with Crippen LogP contribution in [0.2, 0.25) is 0 Å². The van der Waals surface area contributed by atoms with Crippen LogP contribution in [0.5, 0.6) is 0 Å². The van der Waals surface area contributed by atoms with E-state index >= 15 is 0 Å². The molecular weight excluding hydrogens is 360 g/mol. The van der Waals surface area contributed by atoms with E-state index in [0.717, 1.165) is 5.69 Å². The van der Waals surface area contributed by atoms with E-state index < -0.39 is 15.6 Å². The number of anilines is 1. The van der Waals surface area contributed by atoms with Gasteiger partial charge in [0, 0.05) is 31.9 Å². The SMILES string of the molecule is C[C@](O)(CO)c1ccc(N2CCN(S(=O)(=O)c3cccs3)CC2)cc1. The maximum atomic E-state index is 12.5. The van der Waals surface area contributed by atoms with Gasteiger partial charge in [-0.05, 0) is 36.1 Å². The summed E-state index contributed by atoms with van der Waals surface area (Å²) in [7, 11) is -3.39. The zero-order chi connectivity index (χ0) is 18.1. The van der Waals surface area contributed by atoms with Gasteiger partial charge in [-0.15, -0.1) is 11.3 Å². The van der Waals surface area contributed by atoms with Crippen LogP contribution < -0.4 is 4.90 Å². The van der Waals surface area contributed by atoms with Crippen LogP contribution in [0.3, 0.4) is 0 Å². The van der Waals surface area contributed by atoms with Crippen molar-refractivity contribution < 1.29 is 18.6 Å². The molecule has 1 aliphatic heterocycles. The van der Waals surface area contributed by atoms with Crippen LogP contribution in [-0.2, 0) is 15.6 Å². The highest BCUT2D eigenvalue weighted by atomic mass is 32.2. The molecule has 1 atom stereocenters. The largest absolute Gasteiger partial charge is 0.393 e. The minimum atomic E-state index is -3.39. The first-order valence-corrected chi connectivity index (χ1v) is 10.4. The molecule has 0 aliphatic carbocycles. The van der Waals surface area contributed by atoms with Crippen molar-refractivity contribution >= 4 is 27.0 Å². The summed E-state index contributed by atoms with van der Waals surface area (Å²) in [5.41, 5.74) is 0.370. The number of sulfonamides is 1. The van der Waals surface area contributed by atoms with Crippen molar-refractivity contribution in [1.82, 2.24) is 4.31 Å². The molecule has 0 bridgehead atoms. The predicted octanol–water partition coefficient (Wildman–Crippen LogP) is 1.46. The summed E-state index contributed by atoms with van der Waals surface area (Å²) < 4.78 is 27.0. The molecular formula is C17H22N2O4S2. The van der Waals surface area contributed by atoms with Gasteiger partial charge in [0.2, 0.25) is 0 Å². The van der Waals surface area contributed by atoms with Crippen molar-refractivity contribution in [2.24, 2.45) is 0 Å². The fourth-order valence-electron chi connectivity index (χ4n) is 2.85. The van der Waals surface area contributed by atoms with Crippen LogP contribution in [0.4, 0.5) is 5.69 Å². The van der Waals surface area contributed by atoms with E-state index in [1.807, 2.05) is 12.1 Å². The number of benzene rings is 1. The molecule has 1 aromatic heterocycles. The molecule has 1 saturated heterocycles. The number of nitrogens with zero attached hydrogens (tertiary/aromatic N) is 2. The van der Waals surface area contributed by atoms with Crippen LogP contribution in [0.15, 0.2) is 46.0 Å². The van der Waals surface area contributed by atoms with Crippen LogP contribution in [-0.4, -0.2) is 55.7 Å². The summed E-state index contributed by atoms with van der Waals surface area (Å²) in [6.45, 7) is 3.33. The highest BCUT2D eigenvalue weighted by Gasteiger charge is 2.29. The molecule has 1 fully saturated rings. The van der Waals surface area contributed by atoms with Gasteiger partial charge in [0.25, 0.3) is 10.0 Å². The highest BCUT2D eigenvalue weighted by Crippen LogP contribution is 2.26. The molecule has 2 aromatic rings. The fraction of sp³-hybridized carbons (Fsp3) is 0.412. The Kier molecular flexibility index (Phi) is 5.17. The summed E-state index contributed by atoms with van der Waals surface area (Å²) in [6.07, 6.45) is 0. The van der Waals surface area contributed by atoms with Crippen molar-refractivity contribution in [3.05, 3.63) is 47.3 Å². The predicted molar refractivity (Wildman–Crippen MR) is 98.4 cm³/mol. The van der Waals surface area contributed by atoms with Gasteiger partial charge in [0.05, 0.1) is 6.61 Å². The number of aliphatic hydroxyl groups is 2. The van der Waals surface area contributed by atoms with Gasteiger partial charge in [0.15, 0.2) is 0 Å². The first-order valence-electron chi connectivity index (χ1n) is 8.07. The molecule has 3 rings (SSSR count). The van der Waals surface area contributed by atoms with E-state index in [0.29, 0.717) is 36.0 Å². The Morgan fingerprint density at radius 3 is 2.28 bits per heavy atom. The Morgan fingerprint density at radius 2 is 1.76 bits per heavy atom. The first kappa shape index (κ1) is 18.3. The number of thiophene rings is 1. The van der Waals surface area contributed by atoms with E-state index in [2.05, 4.69) is 4.90 Å². The Balaban J connectivity index is 1.67. The number of aliphatic hydroxyl groups excluding tert-OH is 1. The monoisotopic (exact) mass is 382 g/mol. The summed E-state index contributed by atoms with van der Waals surface area (Å²) in [6, 6.07) is 10.8. The van der Waals surface area contributed by atoms with Crippen molar-refractivity contribution in [2.75, 3.05) is 37.7 Å². The van der Waals surface area contributed by atoms with Gasteiger partial charge >= 0.3 is 0 Å².